The molecule has 0 aromatic heterocycles. The Morgan fingerprint density at radius 2 is 1.12 bits per heavy atom. The zero-order valence-corrected chi connectivity index (χ0v) is 15.1. The van der Waals surface area contributed by atoms with Gasteiger partial charge in [-0.25, -0.2) is 9.59 Å². The first-order valence-electron chi connectivity index (χ1n) is 8.41. The molecule has 4 nitrogen and oxygen atoms in total. The molecule has 0 aliphatic carbocycles. The van der Waals surface area contributed by atoms with Crippen molar-refractivity contribution in [1.29, 1.82) is 0 Å². The number of ether oxygens (including phenoxy) is 2. The lowest BCUT2D eigenvalue weighted by Crippen LogP contribution is -2.24. The van der Waals surface area contributed by atoms with Gasteiger partial charge in [-0.05, 0) is 51.0 Å². The molecule has 0 radical (unpaired) electrons. The fourth-order valence-corrected chi connectivity index (χ4v) is 2.66. The van der Waals surface area contributed by atoms with E-state index in [2.05, 4.69) is 0 Å². The number of carbonyl (C=O) groups excluding carboxylic acids is 2. The van der Waals surface area contributed by atoms with E-state index in [4.69, 9.17) is 9.47 Å². The maximum atomic E-state index is 12.2. The number of benzene rings is 2. The van der Waals surface area contributed by atoms with Gasteiger partial charge in [-0.2, -0.15) is 0 Å². The molecular formula is C21H24O4. The molecule has 4 heteroatoms. The van der Waals surface area contributed by atoms with E-state index in [1.807, 2.05) is 38.1 Å². The number of aryl methyl sites for hydroxylation is 2. The second kappa shape index (κ2) is 8.47. The van der Waals surface area contributed by atoms with E-state index in [0.717, 1.165) is 11.1 Å². The molecule has 2 atom stereocenters. The normalized spacial score (nSPS) is 13.0. The summed E-state index contributed by atoms with van der Waals surface area (Å²) in [6.45, 7) is 7.34. The van der Waals surface area contributed by atoms with Crippen molar-refractivity contribution < 1.29 is 19.1 Å². The molecule has 0 aliphatic rings. The van der Waals surface area contributed by atoms with E-state index >= 15 is 0 Å². The topological polar surface area (TPSA) is 52.6 Å². The van der Waals surface area contributed by atoms with Crippen LogP contribution < -0.4 is 0 Å². The average Bonchev–Trinajstić information content (AvgIpc) is 2.55. The van der Waals surface area contributed by atoms with E-state index in [-0.39, 0.29) is 24.1 Å². The summed E-state index contributed by atoms with van der Waals surface area (Å²) in [6, 6.07) is 14.6. The first kappa shape index (κ1) is 18.7. The minimum atomic E-state index is -0.358. The van der Waals surface area contributed by atoms with Crippen LogP contribution in [0.1, 0.15) is 52.1 Å². The van der Waals surface area contributed by atoms with Gasteiger partial charge < -0.3 is 9.47 Å². The molecule has 0 saturated heterocycles. The number of carbonyl (C=O) groups is 2. The first-order chi connectivity index (χ1) is 11.9. The molecule has 2 aromatic carbocycles. The van der Waals surface area contributed by atoms with Crippen LogP contribution in [0, 0.1) is 13.8 Å². The molecule has 0 aliphatic heterocycles. The van der Waals surface area contributed by atoms with Crippen molar-refractivity contribution in [1.82, 2.24) is 0 Å². The second-order valence-corrected chi connectivity index (χ2v) is 6.30. The number of hydrogen-bond donors (Lipinski definition) is 0. The molecule has 0 amide bonds. The van der Waals surface area contributed by atoms with Crippen molar-refractivity contribution in [3.63, 3.8) is 0 Å². The molecule has 2 rings (SSSR count). The Bertz CT molecular complexity index is 688. The van der Waals surface area contributed by atoms with Crippen LogP contribution in [0.15, 0.2) is 48.5 Å². The summed E-state index contributed by atoms with van der Waals surface area (Å²) in [5.41, 5.74) is 2.86. The van der Waals surface area contributed by atoms with Gasteiger partial charge >= 0.3 is 11.9 Å². The Morgan fingerprint density at radius 3 is 1.48 bits per heavy atom. The second-order valence-electron chi connectivity index (χ2n) is 6.30. The highest BCUT2D eigenvalue weighted by Crippen LogP contribution is 2.15. The number of hydrogen-bond acceptors (Lipinski definition) is 4. The highest BCUT2D eigenvalue weighted by Gasteiger charge is 2.19. The third kappa shape index (κ3) is 5.18. The van der Waals surface area contributed by atoms with Gasteiger partial charge in [0.05, 0.1) is 11.1 Å². The number of esters is 2. The van der Waals surface area contributed by atoms with Gasteiger partial charge in [0.25, 0.3) is 0 Å². The summed E-state index contributed by atoms with van der Waals surface area (Å²) in [4.78, 5) is 24.4. The lowest BCUT2D eigenvalue weighted by Gasteiger charge is -2.19. The Balaban J connectivity index is 1.89. The van der Waals surface area contributed by atoms with Crippen LogP contribution in [0.3, 0.4) is 0 Å². The molecule has 132 valence electrons. The van der Waals surface area contributed by atoms with Gasteiger partial charge in [0.1, 0.15) is 12.2 Å². The molecule has 2 aromatic rings. The summed E-state index contributed by atoms with van der Waals surface area (Å²) in [5, 5.41) is 0. The van der Waals surface area contributed by atoms with Crippen LogP contribution in [-0.2, 0) is 9.47 Å². The summed E-state index contributed by atoms with van der Waals surface area (Å²) in [6.07, 6.45) is -0.270. The molecule has 0 bridgehead atoms. The molecule has 0 N–H and O–H groups in total. The third-order valence-electron chi connectivity index (χ3n) is 4.01. The van der Waals surface area contributed by atoms with Gasteiger partial charge in [0.15, 0.2) is 0 Å². The summed E-state index contributed by atoms with van der Waals surface area (Å²) in [5.74, 6) is -0.717. The van der Waals surface area contributed by atoms with Crippen LogP contribution >= 0.6 is 0 Å². The highest BCUT2D eigenvalue weighted by atomic mass is 16.6. The highest BCUT2D eigenvalue weighted by molar-refractivity contribution is 5.91. The summed E-state index contributed by atoms with van der Waals surface area (Å²) < 4.78 is 10.9. The van der Waals surface area contributed by atoms with Crippen LogP contribution in [0.2, 0.25) is 0 Å². The van der Waals surface area contributed by atoms with Crippen LogP contribution in [0.5, 0.6) is 0 Å². The van der Waals surface area contributed by atoms with E-state index in [1.54, 1.807) is 38.1 Å². The van der Waals surface area contributed by atoms with E-state index in [1.165, 1.54) is 0 Å². The minimum Gasteiger partial charge on any atom is -0.459 e. The lowest BCUT2D eigenvalue weighted by atomic mass is 10.1. The van der Waals surface area contributed by atoms with Crippen molar-refractivity contribution in [3.05, 3.63) is 70.8 Å². The molecule has 2 unspecified atom stereocenters. The SMILES string of the molecule is Cc1ccccc1C(=O)OC(C)CC(C)OC(=O)c1ccccc1C. The molecular weight excluding hydrogens is 316 g/mol. The molecule has 25 heavy (non-hydrogen) atoms. The Hall–Kier alpha value is -2.62. The van der Waals surface area contributed by atoms with Crippen molar-refractivity contribution in [2.45, 2.75) is 46.3 Å². The molecule has 0 heterocycles. The van der Waals surface area contributed by atoms with Gasteiger partial charge in [-0.1, -0.05) is 36.4 Å². The predicted octanol–water partition coefficient (Wildman–Crippen LogP) is 4.48. The Labute approximate surface area is 148 Å². The fourth-order valence-electron chi connectivity index (χ4n) is 2.66. The number of rotatable bonds is 6. The van der Waals surface area contributed by atoms with Crippen LogP contribution in [0.25, 0.3) is 0 Å². The monoisotopic (exact) mass is 340 g/mol. The first-order valence-corrected chi connectivity index (χ1v) is 8.41. The van der Waals surface area contributed by atoms with Crippen molar-refractivity contribution in [2.75, 3.05) is 0 Å². The largest absolute Gasteiger partial charge is 0.459 e. The summed E-state index contributed by atoms with van der Waals surface area (Å²) >= 11 is 0. The standard InChI is InChI=1S/C21H24O4/c1-14-9-5-7-11-18(14)20(22)24-16(3)13-17(4)25-21(23)19-12-8-6-10-15(19)2/h5-12,16-17H,13H2,1-4H3. The van der Waals surface area contributed by atoms with Crippen molar-refractivity contribution in [3.8, 4) is 0 Å². The van der Waals surface area contributed by atoms with Crippen LogP contribution in [-0.4, -0.2) is 24.1 Å². The quantitative estimate of drug-likeness (QED) is 0.727. The van der Waals surface area contributed by atoms with E-state index < -0.39 is 0 Å². The average molecular weight is 340 g/mol. The van der Waals surface area contributed by atoms with Crippen molar-refractivity contribution >= 4 is 11.9 Å². The third-order valence-corrected chi connectivity index (χ3v) is 4.01. The zero-order chi connectivity index (χ0) is 18.4. The van der Waals surface area contributed by atoms with Gasteiger partial charge in [0.2, 0.25) is 0 Å². The molecule has 0 spiro atoms. The lowest BCUT2D eigenvalue weighted by molar-refractivity contribution is 0.00757. The van der Waals surface area contributed by atoms with Gasteiger partial charge in [-0.15, -0.1) is 0 Å². The Morgan fingerprint density at radius 1 is 0.760 bits per heavy atom. The molecule has 0 fully saturated rings. The van der Waals surface area contributed by atoms with Crippen LogP contribution in [0.4, 0.5) is 0 Å². The van der Waals surface area contributed by atoms with E-state index in [0.29, 0.717) is 17.5 Å². The van der Waals surface area contributed by atoms with Gasteiger partial charge in [0, 0.05) is 6.42 Å². The smallest absolute Gasteiger partial charge is 0.338 e. The fraction of sp³-hybridized carbons (Fsp3) is 0.333. The zero-order valence-electron chi connectivity index (χ0n) is 15.1. The van der Waals surface area contributed by atoms with Crippen molar-refractivity contribution in [2.24, 2.45) is 0 Å². The Kier molecular flexibility index (Phi) is 6.34. The van der Waals surface area contributed by atoms with E-state index in [9.17, 15) is 9.59 Å². The van der Waals surface area contributed by atoms with Gasteiger partial charge in [-0.3, -0.25) is 0 Å². The maximum Gasteiger partial charge on any atom is 0.338 e. The maximum absolute atomic E-state index is 12.2. The molecule has 0 saturated carbocycles. The predicted molar refractivity (Wildman–Crippen MR) is 96.7 cm³/mol. The summed E-state index contributed by atoms with van der Waals surface area (Å²) in [7, 11) is 0. The minimum absolute atomic E-state index is 0.355.